The molecule has 2 aromatic heterocycles. The molecule has 140 valence electrons. The van der Waals surface area contributed by atoms with E-state index >= 15 is 0 Å². The van der Waals surface area contributed by atoms with E-state index in [2.05, 4.69) is 32.2 Å². The minimum Gasteiger partial charge on any atom is -0.497 e. The second-order valence-corrected chi connectivity index (χ2v) is 6.29. The van der Waals surface area contributed by atoms with Crippen LogP contribution in [0.25, 0.3) is 11.4 Å². The van der Waals surface area contributed by atoms with Crippen LogP contribution in [0.3, 0.4) is 0 Å². The van der Waals surface area contributed by atoms with Crippen molar-refractivity contribution in [2.75, 3.05) is 12.0 Å². The van der Waals surface area contributed by atoms with Crippen molar-refractivity contribution in [2.24, 2.45) is 0 Å². The summed E-state index contributed by atoms with van der Waals surface area (Å²) in [4.78, 5) is 10.8. The molecule has 0 unspecified atom stereocenters. The van der Waals surface area contributed by atoms with Gasteiger partial charge in [0.25, 0.3) is 0 Å². The molecular formula is C22H20N4O2. The van der Waals surface area contributed by atoms with Gasteiger partial charge in [0.15, 0.2) is 0 Å². The van der Waals surface area contributed by atoms with Crippen molar-refractivity contribution in [3.63, 3.8) is 0 Å². The Labute approximate surface area is 163 Å². The van der Waals surface area contributed by atoms with Crippen LogP contribution in [0.5, 0.6) is 5.75 Å². The molecule has 0 radical (unpaired) electrons. The van der Waals surface area contributed by atoms with Crippen LogP contribution in [-0.4, -0.2) is 22.2 Å². The molecule has 4 aromatic rings. The number of aromatic nitrogens is 3. The van der Waals surface area contributed by atoms with E-state index < -0.39 is 0 Å². The largest absolute Gasteiger partial charge is 0.497 e. The molecule has 0 aliphatic heterocycles. The highest BCUT2D eigenvalue weighted by atomic mass is 16.5. The fourth-order valence-electron chi connectivity index (χ4n) is 2.93. The SMILES string of the molecule is COc1ccc(N(Cc2ccccc2)Cc2nc(-c3cccnc3)no2)cc1. The van der Waals surface area contributed by atoms with Crippen LogP contribution >= 0.6 is 0 Å². The van der Waals surface area contributed by atoms with Crippen molar-refractivity contribution >= 4 is 5.69 Å². The summed E-state index contributed by atoms with van der Waals surface area (Å²) >= 11 is 0. The number of benzene rings is 2. The molecule has 0 amide bonds. The van der Waals surface area contributed by atoms with Gasteiger partial charge in [0.2, 0.25) is 11.7 Å². The number of ether oxygens (including phenoxy) is 1. The Morgan fingerprint density at radius 2 is 1.75 bits per heavy atom. The van der Waals surface area contributed by atoms with E-state index in [4.69, 9.17) is 9.26 Å². The summed E-state index contributed by atoms with van der Waals surface area (Å²) in [6.07, 6.45) is 3.44. The van der Waals surface area contributed by atoms with Crippen LogP contribution in [0.1, 0.15) is 11.5 Å². The molecule has 0 N–H and O–H groups in total. The summed E-state index contributed by atoms with van der Waals surface area (Å²) < 4.78 is 10.8. The molecule has 0 fully saturated rings. The third-order valence-electron chi connectivity index (χ3n) is 4.37. The van der Waals surface area contributed by atoms with E-state index in [1.54, 1.807) is 19.5 Å². The van der Waals surface area contributed by atoms with Gasteiger partial charge in [-0.25, -0.2) is 0 Å². The van der Waals surface area contributed by atoms with Crippen molar-refractivity contribution in [2.45, 2.75) is 13.1 Å². The highest BCUT2D eigenvalue weighted by molar-refractivity contribution is 5.52. The third-order valence-corrected chi connectivity index (χ3v) is 4.37. The van der Waals surface area contributed by atoms with Crippen LogP contribution in [0.15, 0.2) is 83.6 Å². The van der Waals surface area contributed by atoms with Gasteiger partial charge >= 0.3 is 0 Å². The second kappa shape index (κ2) is 8.35. The number of hydrogen-bond acceptors (Lipinski definition) is 6. The Hall–Kier alpha value is -3.67. The molecule has 0 spiro atoms. The van der Waals surface area contributed by atoms with Gasteiger partial charge in [0.05, 0.1) is 13.7 Å². The molecule has 0 aliphatic rings. The topological polar surface area (TPSA) is 64.3 Å². The molecule has 4 rings (SSSR count). The van der Waals surface area contributed by atoms with E-state index in [9.17, 15) is 0 Å². The first-order chi connectivity index (χ1) is 13.8. The fourth-order valence-corrected chi connectivity index (χ4v) is 2.93. The van der Waals surface area contributed by atoms with Crippen molar-refractivity contribution in [1.29, 1.82) is 0 Å². The average Bonchev–Trinajstić information content (AvgIpc) is 3.23. The van der Waals surface area contributed by atoms with Gasteiger partial charge in [-0.3, -0.25) is 4.98 Å². The smallest absolute Gasteiger partial charge is 0.246 e. The average molecular weight is 372 g/mol. The maximum atomic E-state index is 5.50. The van der Waals surface area contributed by atoms with Crippen molar-refractivity contribution < 1.29 is 9.26 Å². The summed E-state index contributed by atoms with van der Waals surface area (Å²) in [5.74, 6) is 1.91. The number of rotatable bonds is 7. The van der Waals surface area contributed by atoms with Crippen LogP contribution in [0.4, 0.5) is 5.69 Å². The highest BCUT2D eigenvalue weighted by Gasteiger charge is 2.15. The minimum absolute atomic E-state index is 0.495. The van der Waals surface area contributed by atoms with Gasteiger partial charge in [0.1, 0.15) is 5.75 Å². The number of nitrogens with zero attached hydrogens (tertiary/aromatic N) is 4. The molecule has 2 heterocycles. The maximum absolute atomic E-state index is 5.50. The van der Waals surface area contributed by atoms with Crippen LogP contribution < -0.4 is 9.64 Å². The number of pyridine rings is 1. The van der Waals surface area contributed by atoms with E-state index in [1.807, 2.05) is 54.6 Å². The summed E-state index contributed by atoms with van der Waals surface area (Å²) in [7, 11) is 1.66. The lowest BCUT2D eigenvalue weighted by atomic mass is 10.2. The van der Waals surface area contributed by atoms with Crippen molar-refractivity contribution in [1.82, 2.24) is 15.1 Å². The lowest BCUT2D eigenvalue weighted by molar-refractivity contribution is 0.376. The van der Waals surface area contributed by atoms with Crippen LogP contribution in [-0.2, 0) is 13.1 Å². The molecule has 0 bridgehead atoms. The monoisotopic (exact) mass is 372 g/mol. The van der Waals surface area contributed by atoms with E-state index in [0.717, 1.165) is 23.5 Å². The number of hydrogen-bond donors (Lipinski definition) is 0. The summed E-state index contributed by atoms with van der Waals surface area (Å²) in [5, 5.41) is 4.09. The highest BCUT2D eigenvalue weighted by Crippen LogP contribution is 2.23. The Morgan fingerprint density at radius 1 is 0.929 bits per heavy atom. The molecule has 0 atom stereocenters. The predicted molar refractivity (Wildman–Crippen MR) is 107 cm³/mol. The number of anilines is 1. The van der Waals surface area contributed by atoms with Gasteiger partial charge in [-0.1, -0.05) is 35.5 Å². The van der Waals surface area contributed by atoms with Crippen LogP contribution in [0.2, 0.25) is 0 Å². The molecule has 6 nitrogen and oxygen atoms in total. The normalized spacial score (nSPS) is 10.6. The van der Waals surface area contributed by atoms with Gasteiger partial charge in [-0.05, 0) is 42.0 Å². The first-order valence-electron chi connectivity index (χ1n) is 8.98. The maximum Gasteiger partial charge on any atom is 0.246 e. The quantitative estimate of drug-likeness (QED) is 0.481. The van der Waals surface area contributed by atoms with E-state index in [-0.39, 0.29) is 0 Å². The van der Waals surface area contributed by atoms with E-state index in [0.29, 0.717) is 18.3 Å². The predicted octanol–water partition coefficient (Wildman–Crippen LogP) is 4.35. The second-order valence-electron chi connectivity index (χ2n) is 6.29. The lowest BCUT2D eigenvalue weighted by Crippen LogP contribution is -2.22. The molecule has 28 heavy (non-hydrogen) atoms. The fraction of sp³-hybridized carbons (Fsp3) is 0.136. The molecule has 6 heteroatoms. The van der Waals surface area contributed by atoms with Gasteiger partial charge in [-0.15, -0.1) is 0 Å². The Morgan fingerprint density at radius 3 is 2.46 bits per heavy atom. The molecule has 0 aliphatic carbocycles. The molecule has 0 saturated carbocycles. The standard InChI is InChI=1S/C22H20N4O2/c1-27-20-11-9-19(10-12-20)26(15-17-6-3-2-4-7-17)16-21-24-22(25-28-21)18-8-5-13-23-14-18/h2-14H,15-16H2,1H3. The summed E-state index contributed by atoms with van der Waals surface area (Å²) in [6.45, 7) is 1.21. The van der Waals surface area contributed by atoms with Crippen molar-refractivity contribution in [3.05, 3.63) is 90.6 Å². The zero-order chi connectivity index (χ0) is 19.2. The Balaban J connectivity index is 1.59. The van der Waals surface area contributed by atoms with Crippen LogP contribution in [0, 0.1) is 0 Å². The Kier molecular flexibility index (Phi) is 5.29. The van der Waals surface area contributed by atoms with Gasteiger partial charge < -0.3 is 14.2 Å². The van der Waals surface area contributed by atoms with E-state index in [1.165, 1.54) is 5.56 Å². The van der Waals surface area contributed by atoms with Gasteiger partial charge in [0, 0.05) is 30.2 Å². The zero-order valence-electron chi connectivity index (χ0n) is 15.5. The lowest BCUT2D eigenvalue weighted by Gasteiger charge is -2.23. The first-order valence-corrected chi connectivity index (χ1v) is 8.98. The first kappa shape index (κ1) is 17.7. The molecule has 2 aromatic carbocycles. The zero-order valence-corrected chi connectivity index (χ0v) is 15.5. The minimum atomic E-state index is 0.495. The van der Waals surface area contributed by atoms with Crippen molar-refractivity contribution in [3.8, 4) is 17.1 Å². The summed E-state index contributed by atoms with van der Waals surface area (Å²) in [5.41, 5.74) is 3.08. The molecule has 0 saturated heterocycles. The summed E-state index contributed by atoms with van der Waals surface area (Å²) in [6, 6.07) is 22.0. The Bertz CT molecular complexity index is 1000. The molecular weight excluding hydrogens is 352 g/mol. The number of methoxy groups -OCH3 is 1. The third kappa shape index (κ3) is 4.17. The van der Waals surface area contributed by atoms with Gasteiger partial charge in [-0.2, -0.15) is 4.98 Å².